The quantitative estimate of drug-likeness (QED) is 0.296. The van der Waals surface area contributed by atoms with Gasteiger partial charge in [0.05, 0.1) is 10.9 Å². The van der Waals surface area contributed by atoms with Crippen molar-refractivity contribution >= 4 is 48.6 Å². The minimum atomic E-state index is -0.135. The van der Waals surface area contributed by atoms with Gasteiger partial charge in [0, 0.05) is 20.6 Å². The van der Waals surface area contributed by atoms with Gasteiger partial charge in [-0.05, 0) is 42.0 Å². The van der Waals surface area contributed by atoms with Crippen molar-refractivity contribution in [2.24, 2.45) is 0 Å². The van der Waals surface area contributed by atoms with Gasteiger partial charge >= 0.3 is 0 Å². The van der Waals surface area contributed by atoms with Crippen molar-refractivity contribution in [3.05, 3.63) is 97.7 Å². The predicted molar refractivity (Wildman–Crippen MR) is 120 cm³/mol. The van der Waals surface area contributed by atoms with E-state index < -0.39 is 0 Å². The number of halogens is 2. The molecule has 0 atom stereocenters. The van der Waals surface area contributed by atoms with Gasteiger partial charge in [-0.2, -0.15) is 0 Å². The van der Waals surface area contributed by atoms with Gasteiger partial charge in [-0.3, -0.25) is 9.59 Å². The largest absolute Gasteiger partial charge is 0.485 e. The van der Waals surface area contributed by atoms with Crippen molar-refractivity contribution in [3.8, 4) is 16.9 Å². The molecule has 0 fully saturated rings. The van der Waals surface area contributed by atoms with E-state index in [1.165, 1.54) is 6.26 Å². The molecule has 0 aliphatic rings. The van der Waals surface area contributed by atoms with Crippen LogP contribution in [0.4, 0.5) is 0 Å². The second-order valence-electron chi connectivity index (χ2n) is 6.36. The summed E-state index contributed by atoms with van der Waals surface area (Å²) in [5, 5.41) is 0.456. The standard InChI is InChI=1S/C23H14Br2O4/c24-16-5-1-14(2-6-16)20-12-29-22-11-18(9-10-19(22)23(20)27)28-13-21(26)15-3-7-17(25)8-4-15/h1-12H,13H2. The molecule has 0 radical (unpaired) electrons. The molecular weight excluding hydrogens is 500 g/mol. The zero-order valence-electron chi connectivity index (χ0n) is 15.0. The highest BCUT2D eigenvalue weighted by atomic mass is 79.9. The molecule has 3 aromatic carbocycles. The van der Waals surface area contributed by atoms with Crippen LogP contribution in [0.2, 0.25) is 0 Å². The Labute approximate surface area is 183 Å². The molecule has 29 heavy (non-hydrogen) atoms. The van der Waals surface area contributed by atoms with Crippen molar-refractivity contribution in [1.82, 2.24) is 0 Å². The van der Waals surface area contributed by atoms with Gasteiger partial charge in [-0.25, -0.2) is 0 Å². The smallest absolute Gasteiger partial charge is 0.200 e. The van der Waals surface area contributed by atoms with Gasteiger partial charge in [0.25, 0.3) is 0 Å². The van der Waals surface area contributed by atoms with Crippen LogP contribution < -0.4 is 10.2 Å². The molecule has 0 saturated carbocycles. The average Bonchev–Trinajstić information content (AvgIpc) is 2.73. The Kier molecular flexibility index (Phi) is 5.65. The number of hydrogen-bond donors (Lipinski definition) is 0. The van der Waals surface area contributed by atoms with Gasteiger partial charge < -0.3 is 9.15 Å². The molecule has 4 aromatic rings. The van der Waals surface area contributed by atoms with E-state index >= 15 is 0 Å². The van der Waals surface area contributed by atoms with E-state index in [0.717, 1.165) is 14.5 Å². The Morgan fingerprint density at radius 2 is 1.55 bits per heavy atom. The molecule has 0 aliphatic carbocycles. The Balaban J connectivity index is 1.56. The summed E-state index contributed by atoms with van der Waals surface area (Å²) in [5.74, 6) is 0.326. The summed E-state index contributed by atoms with van der Waals surface area (Å²) in [6, 6.07) is 19.5. The van der Waals surface area contributed by atoms with Crippen LogP contribution in [-0.4, -0.2) is 12.4 Å². The zero-order chi connectivity index (χ0) is 20.4. The summed E-state index contributed by atoms with van der Waals surface area (Å²) in [7, 11) is 0. The lowest BCUT2D eigenvalue weighted by Crippen LogP contribution is -2.11. The fourth-order valence-electron chi connectivity index (χ4n) is 2.90. The van der Waals surface area contributed by atoms with E-state index in [0.29, 0.717) is 27.8 Å². The summed E-state index contributed by atoms with van der Waals surface area (Å²) in [5.41, 5.74) is 2.13. The Bertz CT molecular complexity index is 1240. The van der Waals surface area contributed by atoms with Crippen LogP contribution in [0.5, 0.6) is 5.75 Å². The zero-order valence-corrected chi connectivity index (χ0v) is 18.2. The SMILES string of the molecule is O=C(COc1ccc2c(=O)c(-c3ccc(Br)cc3)coc2c1)c1ccc(Br)cc1. The van der Waals surface area contributed by atoms with E-state index in [9.17, 15) is 9.59 Å². The maximum Gasteiger partial charge on any atom is 0.200 e. The second kappa shape index (κ2) is 8.35. The molecule has 0 N–H and O–H groups in total. The summed E-state index contributed by atoms with van der Waals surface area (Å²) in [4.78, 5) is 25.1. The van der Waals surface area contributed by atoms with E-state index in [1.54, 1.807) is 42.5 Å². The number of Topliss-reactive ketones (excluding diaryl/α,β-unsaturated/α-hetero) is 1. The minimum absolute atomic E-state index is 0.103. The van der Waals surface area contributed by atoms with Crippen LogP contribution in [0.3, 0.4) is 0 Å². The molecule has 0 amide bonds. The molecule has 4 rings (SSSR count). The molecular formula is C23H14Br2O4. The van der Waals surface area contributed by atoms with Crippen LogP contribution in [0.25, 0.3) is 22.1 Å². The normalized spacial score (nSPS) is 10.8. The maximum atomic E-state index is 12.8. The van der Waals surface area contributed by atoms with Gasteiger partial charge in [0.1, 0.15) is 17.6 Å². The first-order valence-corrected chi connectivity index (χ1v) is 10.3. The van der Waals surface area contributed by atoms with Crippen LogP contribution in [0.1, 0.15) is 10.4 Å². The Morgan fingerprint density at radius 3 is 2.24 bits per heavy atom. The highest BCUT2D eigenvalue weighted by Crippen LogP contribution is 2.24. The fourth-order valence-corrected chi connectivity index (χ4v) is 3.42. The van der Waals surface area contributed by atoms with E-state index in [-0.39, 0.29) is 17.8 Å². The molecule has 1 heterocycles. The number of ketones is 1. The first kappa shape index (κ1) is 19.6. The molecule has 0 aliphatic heterocycles. The monoisotopic (exact) mass is 512 g/mol. The van der Waals surface area contributed by atoms with Crippen molar-refractivity contribution in [2.75, 3.05) is 6.61 Å². The molecule has 0 spiro atoms. The van der Waals surface area contributed by atoms with E-state index in [2.05, 4.69) is 31.9 Å². The summed E-state index contributed by atoms with van der Waals surface area (Å²) < 4.78 is 13.1. The molecule has 144 valence electrons. The van der Waals surface area contributed by atoms with E-state index in [1.807, 2.05) is 24.3 Å². The maximum absolute atomic E-state index is 12.8. The van der Waals surface area contributed by atoms with Crippen LogP contribution in [0, 0.1) is 0 Å². The van der Waals surface area contributed by atoms with Crippen LogP contribution in [0.15, 0.2) is 91.2 Å². The molecule has 0 saturated heterocycles. The predicted octanol–water partition coefficient (Wildman–Crippen LogP) is 6.25. The number of rotatable bonds is 5. The topological polar surface area (TPSA) is 56.5 Å². The molecule has 0 unspecified atom stereocenters. The van der Waals surface area contributed by atoms with Crippen molar-refractivity contribution < 1.29 is 13.9 Å². The molecule has 6 heteroatoms. The lowest BCUT2D eigenvalue weighted by atomic mass is 10.1. The number of carbonyl (C=O) groups is 1. The van der Waals surface area contributed by atoms with Crippen molar-refractivity contribution in [2.45, 2.75) is 0 Å². The van der Waals surface area contributed by atoms with Crippen molar-refractivity contribution in [3.63, 3.8) is 0 Å². The number of fused-ring (bicyclic) bond motifs is 1. The Morgan fingerprint density at radius 1 is 0.897 bits per heavy atom. The van der Waals surface area contributed by atoms with Gasteiger partial charge in [-0.15, -0.1) is 0 Å². The number of carbonyl (C=O) groups excluding carboxylic acids is 1. The summed E-state index contributed by atoms with van der Waals surface area (Å²) in [6.07, 6.45) is 1.45. The molecule has 4 nitrogen and oxygen atoms in total. The summed E-state index contributed by atoms with van der Waals surface area (Å²) >= 11 is 6.73. The van der Waals surface area contributed by atoms with Gasteiger partial charge in [0.15, 0.2) is 17.8 Å². The lowest BCUT2D eigenvalue weighted by molar-refractivity contribution is 0.0921. The van der Waals surface area contributed by atoms with Crippen molar-refractivity contribution in [1.29, 1.82) is 0 Å². The third-order valence-corrected chi connectivity index (χ3v) is 5.49. The minimum Gasteiger partial charge on any atom is -0.485 e. The summed E-state index contributed by atoms with van der Waals surface area (Å²) in [6.45, 7) is -0.103. The average molecular weight is 514 g/mol. The third kappa shape index (κ3) is 4.33. The third-order valence-electron chi connectivity index (χ3n) is 4.44. The molecule has 0 bridgehead atoms. The number of hydrogen-bond acceptors (Lipinski definition) is 4. The van der Waals surface area contributed by atoms with Crippen LogP contribution >= 0.6 is 31.9 Å². The lowest BCUT2D eigenvalue weighted by Gasteiger charge is -2.07. The van der Waals surface area contributed by atoms with E-state index in [4.69, 9.17) is 9.15 Å². The number of benzene rings is 3. The highest BCUT2D eigenvalue weighted by molar-refractivity contribution is 9.10. The molecule has 1 aromatic heterocycles. The second-order valence-corrected chi connectivity index (χ2v) is 8.19. The first-order chi connectivity index (χ1) is 14.0. The van der Waals surface area contributed by atoms with Gasteiger partial charge in [-0.1, -0.05) is 56.1 Å². The van der Waals surface area contributed by atoms with Gasteiger partial charge in [0.2, 0.25) is 0 Å². The fraction of sp³-hybridized carbons (Fsp3) is 0.0435. The first-order valence-electron chi connectivity index (χ1n) is 8.74. The number of ether oxygens (including phenoxy) is 1. The highest BCUT2D eigenvalue weighted by Gasteiger charge is 2.11. The van der Waals surface area contributed by atoms with Crippen LogP contribution in [-0.2, 0) is 0 Å². The Hall–Kier alpha value is -2.70.